The summed E-state index contributed by atoms with van der Waals surface area (Å²) in [5.41, 5.74) is 11.3. The summed E-state index contributed by atoms with van der Waals surface area (Å²) >= 11 is 1.23. The minimum absolute atomic E-state index is 0.0688. The molecule has 0 saturated carbocycles. The summed E-state index contributed by atoms with van der Waals surface area (Å²) in [6.45, 7) is 4.06. The largest absolute Gasteiger partial charge is 0.366 e. The number of carbonyl (C=O) groups excluding carboxylic acids is 3. The molecule has 220 valence electrons. The van der Waals surface area contributed by atoms with Crippen molar-refractivity contribution in [2.75, 3.05) is 7.05 Å². The summed E-state index contributed by atoms with van der Waals surface area (Å²) in [5.74, 6) is -1.31. The number of amides is 3. The van der Waals surface area contributed by atoms with Crippen molar-refractivity contribution in [3.63, 3.8) is 0 Å². The molecule has 2 aromatic carbocycles. The zero-order valence-electron chi connectivity index (χ0n) is 24.3. The number of fused-ring (bicyclic) bond motifs is 2. The number of carbonyl (C=O) groups is 3. The van der Waals surface area contributed by atoms with Gasteiger partial charge >= 0.3 is 0 Å². The lowest BCUT2D eigenvalue weighted by Crippen LogP contribution is -2.26. The Bertz CT molecular complexity index is 1750. The standard InChI is InChI=1S/C34H33FN4O3S/c1-18(2)16-24-28(32(36)40)29(30-31(37-24)25(39(3)34(30)42)17-19-8-11-21(35)12-9-19)26-14-15-27(43-26)33(41)38-23-13-10-20-6-4-5-7-22(20)23/h4-9,11-12,14-15,18,23,25H,10,13,16-17H2,1-3H3,(H2,36,40)(H,38,41)/t23-,25+/m1/s1. The molecule has 2 atom stereocenters. The third-order valence-corrected chi connectivity index (χ3v) is 9.42. The second kappa shape index (κ2) is 11.4. The fraction of sp³-hybridized carbons (Fsp3) is 0.294. The molecule has 3 heterocycles. The van der Waals surface area contributed by atoms with Crippen LogP contribution in [0.3, 0.4) is 0 Å². The second-order valence-electron chi connectivity index (χ2n) is 11.7. The van der Waals surface area contributed by atoms with Crippen LogP contribution in [0.15, 0.2) is 60.7 Å². The highest BCUT2D eigenvalue weighted by Crippen LogP contribution is 2.44. The maximum atomic E-state index is 13.8. The van der Waals surface area contributed by atoms with Crippen LogP contribution in [0, 0.1) is 11.7 Å². The number of nitrogens with two attached hydrogens (primary N) is 1. The van der Waals surface area contributed by atoms with Gasteiger partial charge in [0.15, 0.2) is 0 Å². The van der Waals surface area contributed by atoms with Crippen LogP contribution in [0.1, 0.15) is 90.8 Å². The maximum Gasteiger partial charge on any atom is 0.261 e. The lowest BCUT2D eigenvalue weighted by molar-refractivity contribution is 0.0773. The minimum atomic E-state index is -0.666. The quantitative estimate of drug-likeness (QED) is 0.259. The molecule has 1 aliphatic carbocycles. The van der Waals surface area contributed by atoms with Crippen LogP contribution in [0.5, 0.6) is 0 Å². The van der Waals surface area contributed by atoms with Gasteiger partial charge in [0.05, 0.1) is 39.5 Å². The van der Waals surface area contributed by atoms with Gasteiger partial charge in [-0.25, -0.2) is 4.39 Å². The van der Waals surface area contributed by atoms with Gasteiger partial charge in [0.1, 0.15) is 5.82 Å². The lowest BCUT2D eigenvalue weighted by atomic mass is 9.91. The third kappa shape index (κ3) is 5.33. The number of hydrogen-bond donors (Lipinski definition) is 2. The Morgan fingerprint density at radius 3 is 2.56 bits per heavy atom. The number of likely N-dealkylation sites (N-methyl/N-ethyl adjacent to an activating group) is 1. The van der Waals surface area contributed by atoms with Gasteiger partial charge in [-0.1, -0.05) is 50.2 Å². The SMILES string of the molecule is CC(C)Cc1nc2c(c(-c3ccc(C(=O)N[C@@H]4CCc5ccccc54)s3)c1C(N)=O)C(=O)N(C)[C@H]2Cc1ccc(F)cc1. The van der Waals surface area contributed by atoms with E-state index in [2.05, 4.69) is 11.4 Å². The van der Waals surface area contributed by atoms with Crippen molar-refractivity contribution in [3.8, 4) is 10.4 Å². The highest BCUT2D eigenvalue weighted by atomic mass is 32.1. The summed E-state index contributed by atoms with van der Waals surface area (Å²) in [6.07, 6.45) is 2.66. The minimum Gasteiger partial charge on any atom is -0.366 e. The molecule has 7 nitrogen and oxygen atoms in total. The Labute approximate surface area is 253 Å². The first-order valence-electron chi connectivity index (χ1n) is 14.5. The van der Waals surface area contributed by atoms with Gasteiger partial charge in [0, 0.05) is 17.5 Å². The molecule has 3 amide bonds. The molecule has 1 aliphatic heterocycles. The van der Waals surface area contributed by atoms with Crippen LogP contribution in [-0.2, 0) is 19.3 Å². The van der Waals surface area contributed by atoms with E-state index in [-0.39, 0.29) is 35.2 Å². The number of thiophene rings is 1. The number of aryl methyl sites for hydroxylation is 1. The Morgan fingerprint density at radius 2 is 1.84 bits per heavy atom. The van der Waals surface area contributed by atoms with Crippen molar-refractivity contribution in [1.29, 1.82) is 0 Å². The first-order chi connectivity index (χ1) is 20.6. The van der Waals surface area contributed by atoms with E-state index in [1.54, 1.807) is 36.2 Å². The molecule has 0 spiro atoms. The third-order valence-electron chi connectivity index (χ3n) is 8.32. The van der Waals surface area contributed by atoms with Crippen LogP contribution in [0.2, 0.25) is 0 Å². The number of pyridine rings is 1. The second-order valence-corrected chi connectivity index (χ2v) is 12.8. The molecule has 0 bridgehead atoms. The molecule has 0 radical (unpaired) electrons. The van der Waals surface area contributed by atoms with Gasteiger partial charge in [0.2, 0.25) is 0 Å². The number of nitrogens with zero attached hydrogens (tertiary/aromatic N) is 2. The van der Waals surface area contributed by atoms with Crippen LogP contribution in [0.4, 0.5) is 4.39 Å². The van der Waals surface area contributed by atoms with Gasteiger partial charge in [-0.05, 0) is 72.6 Å². The fourth-order valence-corrected chi connectivity index (χ4v) is 7.23. The van der Waals surface area contributed by atoms with E-state index in [9.17, 15) is 18.8 Å². The molecule has 6 rings (SSSR count). The topological polar surface area (TPSA) is 105 Å². The van der Waals surface area contributed by atoms with Gasteiger partial charge in [-0.2, -0.15) is 0 Å². The number of rotatable bonds is 8. The van der Waals surface area contributed by atoms with E-state index in [0.717, 1.165) is 24.0 Å². The van der Waals surface area contributed by atoms with E-state index in [4.69, 9.17) is 10.7 Å². The number of halogens is 1. The molecular weight excluding hydrogens is 563 g/mol. The monoisotopic (exact) mass is 596 g/mol. The molecule has 2 aromatic heterocycles. The molecule has 9 heteroatoms. The first-order valence-corrected chi connectivity index (χ1v) is 15.3. The number of hydrogen-bond acceptors (Lipinski definition) is 5. The van der Waals surface area contributed by atoms with Crippen molar-refractivity contribution >= 4 is 29.1 Å². The summed E-state index contributed by atoms with van der Waals surface area (Å²) in [5, 5.41) is 3.16. The first kappa shape index (κ1) is 28.7. The smallest absolute Gasteiger partial charge is 0.261 e. The summed E-state index contributed by atoms with van der Waals surface area (Å²) < 4.78 is 13.6. The summed E-state index contributed by atoms with van der Waals surface area (Å²) in [7, 11) is 1.71. The van der Waals surface area contributed by atoms with Crippen molar-refractivity contribution in [1.82, 2.24) is 15.2 Å². The predicted octanol–water partition coefficient (Wildman–Crippen LogP) is 6.03. The molecule has 43 heavy (non-hydrogen) atoms. The van der Waals surface area contributed by atoms with Crippen LogP contribution in [0.25, 0.3) is 10.4 Å². The molecule has 0 saturated heterocycles. The van der Waals surface area contributed by atoms with Crippen molar-refractivity contribution in [2.45, 2.75) is 51.6 Å². The average molecular weight is 597 g/mol. The molecule has 4 aromatic rings. The fourth-order valence-electron chi connectivity index (χ4n) is 6.27. The van der Waals surface area contributed by atoms with Crippen LogP contribution >= 0.6 is 11.3 Å². The lowest BCUT2D eigenvalue weighted by Gasteiger charge is -2.21. The van der Waals surface area contributed by atoms with E-state index in [1.165, 1.54) is 29.0 Å². The molecule has 3 N–H and O–H groups in total. The Kier molecular flexibility index (Phi) is 7.60. The van der Waals surface area contributed by atoms with Crippen molar-refractivity contribution < 1.29 is 18.8 Å². The number of nitrogens with one attached hydrogen (secondary N) is 1. The zero-order valence-corrected chi connectivity index (χ0v) is 25.1. The average Bonchev–Trinajstić information content (AvgIpc) is 3.68. The van der Waals surface area contributed by atoms with E-state index >= 15 is 0 Å². The maximum absolute atomic E-state index is 13.8. The van der Waals surface area contributed by atoms with E-state index < -0.39 is 11.9 Å². The van der Waals surface area contributed by atoms with Crippen LogP contribution < -0.4 is 11.1 Å². The normalized spacial score (nSPS) is 17.3. The Hall–Kier alpha value is -4.37. The molecule has 2 aliphatic rings. The van der Waals surface area contributed by atoms with Gasteiger partial charge in [0.25, 0.3) is 17.7 Å². The molecule has 0 fully saturated rings. The number of benzene rings is 2. The Morgan fingerprint density at radius 1 is 1.09 bits per heavy atom. The van der Waals surface area contributed by atoms with Gasteiger partial charge < -0.3 is 16.0 Å². The van der Waals surface area contributed by atoms with Crippen LogP contribution in [-0.4, -0.2) is 34.7 Å². The Balaban J connectivity index is 1.42. The highest BCUT2D eigenvalue weighted by molar-refractivity contribution is 7.17. The number of aromatic nitrogens is 1. The van der Waals surface area contributed by atoms with Gasteiger partial charge in [-0.3, -0.25) is 19.4 Å². The summed E-state index contributed by atoms with van der Waals surface area (Å²) in [4.78, 5) is 47.9. The van der Waals surface area contributed by atoms with Crippen molar-refractivity contribution in [3.05, 3.63) is 111 Å². The van der Waals surface area contributed by atoms with Gasteiger partial charge in [-0.15, -0.1) is 11.3 Å². The molecule has 0 unspecified atom stereocenters. The van der Waals surface area contributed by atoms with E-state index in [0.29, 0.717) is 45.1 Å². The number of primary amides is 1. The molecular formula is C34H33FN4O3S. The van der Waals surface area contributed by atoms with Crippen molar-refractivity contribution in [2.24, 2.45) is 11.7 Å². The predicted molar refractivity (Wildman–Crippen MR) is 165 cm³/mol. The zero-order chi connectivity index (χ0) is 30.4. The highest BCUT2D eigenvalue weighted by Gasteiger charge is 2.41. The van der Waals surface area contributed by atoms with E-state index in [1.807, 2.05) is 32.0 Å². The summed E-state index contributed by atoms with van der Waals surface area (Å²) in [6, 6.07) is 17.4.